The first-order chi connectivity index (χ1) is 16.5. The molecule has 1 aromatic heterocycles. The molecule has 0 fully saturated rings. The molecule has 1 aliphatic rings. The molecule has 0 radical (unpaired) electrons. The standard InChI is InChI=1S/C34H38N/c1-21-16-25(19-34(5,6)7)13-14-27(21)29-18-31(35(8)20-24(29)4)33-23(3)15-22(2)32-28-12-10-9-11-26(28)17-30(32)33/h9-16,18,20H,17,19H2,1-8H3/q+1. The van der Waals surface area contributed by atoms with Crippen LogP contribution in [0.2, 0.25) is 0 Å². The van der Waals surface area contributed by atoms with Gasteiger partial charge in [0.1, 0.15) is 7.05 Å². The Balaban J connectivity index is 1.67. The first-order valence-corrected chi connectivity index (χ1v) is 12.9. The molecule has 0 bridgehead atoms. The molecular weight excluding hydrogens is 422 g/mol. The molecule has 1 heterocycles. The minimum atomic E-state index is 0.290. The molecule has 178 valence electrons. The number of pyridine rings is 1. The molecule has 0 spiro atoms. The van der Waals surface area contributed by atoms with E-state index in [1.165, 1.54) is 72.5 Å². The average molecular weight is 461 g/mol. The SMILES string of the molecule is Cc1cc(CC(C)(C)C)ccc1-c1cc(-c2c(C)cc(C)c3c2Cc2ccccc2-3)[n+](C)cc1C. The Morgan fingerprint density at radius 2 is 1.43 bits per heavy atom. The third-order valence-electron chi connectivity index (χ3n) is 7.52. The van der Waals surface area contributed by atoms with Gasteiger partial charge in [-0.25, -0.2) is 4.57 Å². The van der Waals surface area contributed by atoms with Gasteiger partial charge >= 0.3 is 0 Å². The molecular formula is C34H38N+. The van der Waals surface area contributed by atoms with E-state index < -0.39 is 0 Å². The van der Waals surface area contributed by atoms with Crippen molar-refractivity contribution in [3.8, 4) is 33.5 Å². The van der Waals surface area contributed by atoms with Gasteiger partial charge in [-0.15, -0.1) is 0 Å². The smallest absolute Gasteiger partial charge is 0.201 e. The summed E-state index contributed by atoms with van der Waals surface area (Å²) in [6.45, 7) is 16.0. The van der Waals surface area contributed by atoms with Crippen LogP contribution >= 0.6 is 0 Å². The number of fused-ring (bicyclic) bond motifs is 3. The molecule has 0 aliphatic heterocycles. The van der Waals surface area contributed by atoms with E-state index in [0.29, 0.717) is 5.41 Å². The van der Waals surface area contributed by atoms with Crippen molar-refractivity contribution in [2.75, 3.05) is 0 Å². The molecule has 5 rings (SSSR count). The summed E-state index contributed by atoms with van der Waals surface area (Å²) in [5.74, 6) is 0. The number of hydrogen-bond acceptors (Lipinski definition) is 0. The number of benzene rings is 3. The van der Waals surface area contributed by atoms with Gasteiger partial charge in [0.25, 0.3) is 0 Å². The molecule has 1 nitrogen and oxygen atoms in total. The van der Waals surface area contributed by atoms with Gasteiger partial charge in [0.15, 0.2) is 6.20 Å². The van der Waals surface area contributed by atoms with E-state index in [1.807, 2.05) is 0 Å². The van der Waals surface area contributed by atoms with E-state index in [1.54, 1.807) is 0 Å². The first kappa shape index (κ1) is 23.5. The zero-order valence-electron chi connectivity index (χ0n) is 22.6. The van der Waals surface area contributed by atoms with Gasteiger partial charge < -0.3 is 0 Å². The molecule has 0 atom stereocenters. The van der Waals surface area contributed by atoms with Crippen molar-refractivity contribution in [3.63, 3.8) is 0 Å². The molecule has 0 saturated heterocycles. The van der Waals surface area contributed by atoms with Gasteiger partial charge in [0, 0.05) is 11.6 Å². The lowest BCUT2D eigenvalue weighted by molar-refractivity contribution is -0.660. The molecule has 0 N–H and O–H groups in total. The molecule has 35 heavy (non-hydrogen) atoms. The van der Waals surface area contributed by atoms with Gasteiger partial charge in [-0.2, -0.15) is 0 Å². The van der Waals surface area contributed by atoms with Crippen molar-refractivity contribution in [1.29, 1.82) is 0 Å². The highest BCUT2D eigenvalue weighted by atomic mass is 14.9. The first-order valence-electron chi connectivity index (χ1n) is 12.9. The summed E-state index contributed by atoms with van der Waals surface area (Å²) in [6, 6.07) is 20.8. The zero-order valence-corrected chi connectivity index (χ0v) is 22.6. The van der Waals surface area contributed by atoms with E-state index in [2.05, 4.69) is 121 Å². The second-order valence-electron chi connectivity index (χ2n) is 11.8. The predicted molar refractivity (Wildman–Crippen MR) is 149 cm³/mol. The van der Waals surface area contributed by atoms with Crippen molar-refractivity contribution in [2.24, 2.45) is 12.5 Å². The van der Waals surface area contributed by atoms with Crippen LogP contribution in [-0.4, -0.2) is 0 Å². The van der Waals surface area contributed by atoms with Crippen molar-refractivity contribution < 1.29 is 4.57 Å². The summed E-state index contributed by atoms with van der Waals surface area (Å²) >= 11 is 0. The highest BCUT2D eigenvalue weighted by Crippen LogP contribution is 2.45. The Bertz CT molecular complexity index is 1460. The van der Waals surface area contributed by atoms with Gasteiger partial charge in [-0.3, -0.25) is 0 Å². The Morgan fingerprint density at radius 3 is 2.14 bits per heavy atom. The lowest BCUT2D eigenvalue weighted by Crippen LogP contribution is -2.32. The molecule has 3 aromatic carbocycles. The van der Waals surface area contributed by atoms with Gasteiger partial charge in [0.05, 0.1) is 5.56 Å². The lowest BCUT2D eigenvalue weighted by atomic mass is 9.86. The summed E-state index contributed by atoms with van der Waals surface area (Å²) in [6.07, 6.45) is 4.41. The minimum Gasteiger partial charge on any atom is -0.201 e. The third-order valence-corrected chi connectivity index (χ3v) is 7.52. The number of hydrogen-bond donors (Lipinski definition) is 0. The normalized spacial score (nSPS) is 12.6. The topological polar surface area (TPSA) is 3.88 Å². The molecule has 1 heteroatoms. The van der Waals surface area contributed by atoms with Crippen molar-refractivity contribution in [3.05, 3.63) is 99.7 Å². The van der Waals surface area contributed by atoms with Crippen LogP contribution < -0.4 is 4.57 Å². The van der Waals surface area contributed by atoms with Crippen molar-refractivity contribution in [2.45, 2.75) is 61.3 Å². The maximum atomic E-state index is 2.43. The summed E-state index contributed by atoms with van der Waals surface area (Å²) in [4.78, 5) is 0. The largest absolute Gasteiger partial charge is 0.213 e. The second-order valence-corrected chi connectivity index (χ2v) is 11.8. The number of rotatable bonds is 3. The maximum Gasteiger partial charge on any atom is 0.213 e. The Kier molecular flexibility index (Phi) is 5.71. The van der Waals surface area contributed by atoms with Crippen molar-refractivity contribution in [1.82, 2.24) is 0 Å². The molecule has 0 unspecified atom stereocenters. The van der Waals surface area contributed by atoms with E-state index in [9.17, 15) is 0 Å². The molecule has 0 saturated carbocycles. The second kappa shape index (κ2) is 8.48. The van der Waals surface area contributed by atoms with Crippen LogP contribution in [0.3, 0.4) is 0 Å². The van der Waals surface area contributed by atoms with E-state index >= 15 is 0 Å². The average Bonchev–Trinajstić information content (AvgIpc) is 3.14. The van der Waals surface area contributed by atoms with Gasteiger partial charge in [0.2, 0.25) is 5.69 Å². The molecule has 4 aromatic rings. The van der Waals surface area contributed by atoms with E-state index in [0.717, 1.165) is 12.8 Å². The Labute approximate surface area is 211 Å². The van der Waals surface area contributed by atoms with E-state index in [4.69, 9.17) is 0 Å². The highest BCUT2D eigenvalue weighted by molar-refractivity contribution is 5.88. The van der Waals surface area contributed by atoms with E-state index in [-0.39, 0.29) is 0 Å². The number of aromatic nitrogens is 1. The summed E-state index contributed by atoms with van der Waals surface area (Å²) in [5, 5.41) is 0. The predicted octanol–water partition coefficient (Wildman–Crippen LogP) is 8.24. The number of nitrogens with zero attached hydrogens (tertiary/aromatic N) is 1. The van der Waals surface area contributed by atoms with Crippen LogP contribution in [0.1, 0.15) is 59.7 Å². The minimum absolute atomic E-state index is 0.290. The van der Waals surface area contributed by atoms with Crippen LogP contribution in [0.25, 0.3) is 33.5 Å². The third kappa shape index (κ3) is 4.22. The quantitative estimate of drug-likeness (QED) is 0.239. The Hall–Kier alpha value is -3.19. The van der Waals surface area contributed by atoms with Gasteiger partial charge in [-0.05, 0) is 102 Å². The fourth-order valence-electron chi connectivity index (χ4n) is 6.16. The lowest BCUT2D eigenvalue weighted by Gasteiger charge is -2.19. The summed E-state index contributed by atoms with van der Waals surface area (Å²) in [5.41, 5.74) is 18.2. The van der Waals surface area contributed by atoms with Crippen LogP contribution in [0.5, 0.6) is 0 Å². The zero-order chi connectivity index (χ0) is 25.1. The van der Waals surface area contributed by atoms with Crippen LogP contribution in [0.4, 0.5) is 0 Å². The fraction of sp³-hybridized carbons (Fsp3) is 0.324. The molecule has 0 amide bonds. The van der Waals surface area contributed by atoms with Crippen LogP contribution in [0, 0.1) is 33.1 Å². The summed E-state index contributed by atoms with van der Waals surface area (Å²) < 4.78 is 2.32. The summed E-state index contributed by atoms with van der Waals surface area (Å²) in [7, 11) is 2.19. The number of aryl methyl sites for hydroxylation is 5. The van der Waals surface area contributed by atoms with Gasteiger partial charge in [-0.1, -0.05) is 69.3 Å². The monoisotopic (exact) mass is 460 g/mol. The van der Waals surface area contributed by atoms with Crippen LogP contribution in [0.15, 0.2) is 60.8 Å². The molecule has 1 aliphatic carbocycles. The fourth-order valence-corrected chi connectivity index (χ4v) is 6.16. The highest BCUT2D eigenvalue weighted by Gasteiger charge is 2.28. The maximum absolute atomic E-state index is 2.43. The van der Waals surface area contributed by atoms with Crippen molar-refractivity contribution >= 4 is 0 Å². The Morgan fingerprint density at radius 1 is 0.714 bits per heavy atom. The van der Waals surface area contributed by atoms with Crippen LogP contribution in [-0.2, 0) is 19.9 Å².